The SMILES string of the molecule is Cc1cc(S(=O)Cc2c(Cl)cccc2Cl)ccc1N. The van der Waals surface area contributed by atoms with E-state index in [0.717, 1.165) is 10.5 Å². The molecule has 5 heteroatoms. The summed E-state index contributed by atoms with van der Waals surface area (Å²) in [4.78, 5) is 0.725. The fourth-order valence-corrected chi connectivity index (χ4v) is 3.63. The molecule has 0 bridgehead atoms. The van der Waals surface area contributed by atoms with Crippen LogP contribution in [0.15, 0.2) is 41.3 Å². The lowest BCUT2D eigenvalue weighted by atomic mass is 10.2. The Hall–Kier alpha value is -1.03. The van der Waals surface area contributed by atoms with E-state index in [1.54, 1.807) is 30.3 Å². The van der Waals surface area contributed by atoms with Gasteiger partial charge in [0, 0.05) is 26.2 Å². The number of benzene rings is 2. The van der Waals surface area contributed by atoms with Gasteiger partial charge in [0.05, 0.1) is 16.6 Å². The third kappa shape index (κ3) is 3.30. The maximum Gasteiger partial charge on any atom is 0.0575 e. The Balaban J connectivity index is 2.28. The zero-order valence-corrected chi connectivity index (χ0v) is 12.6. The highest BCUT2D eigenvalue weighted by Crippen LogP contribution is 2.27. The Morgan fingerprint density at radius 3 is 2.37 bits per heavy atom. The van der Waals surface area contributed by atoms with Crippen molar-refractivity contribution in [3.05, 3.63) is 57.6 Å². The molecule has 0 aliphatic carbocycles. The maximum atomic E-state index is 12.3. The number of halogens is 2. The molecule has 0 aliphatic heterocycles. The van der Waals surface area contributed by atoms with E-state index in [-0.39, 0.29) is 0 Å². The molecule has 0 heterocycles. The van der Waals surface area contributed by atoms with Crippen LogP contribution in [0.1, 0.15) is 11.1 Å². The first kappa shape index (κ1) is 14.4. The van der Waals surface area contributed by atoms with Crippen molar-refractivity contribution in [1.82, 2.24) is 0 Å². The fourth-order valence-electron chi connectivity index (χ4n) is 1.67. The van der Waals surface area contributed by atoms with Crippen LogP contribution in [-0.4, -0.2) is 4.21 Å². The predicted molar refractivity (Wildman–Crippen MR) is 82.2 cm³/mol. The largest absolute Gasteiger partial charge is 0.399 e. The van der Waals surface area contributed by atoms with Crippen molar-refractivity contribution in [2.75, 3.05) is 5.73 Å². The number of anilines is 1. The fraction of sp³-hybridized carbons (Fsp3) is 0.143. The molecule has 0 amide bonds. The van der Waals surface area contributed by atoms with E-state index < -0.39 is 10.8 Å². The van der Waals surface area contributed by atoms with Gasteiger partial charge in [-0.15, -0.1) is 0 Å². The minimum Gasteiger partial charge on any atom is -0.399 e. The number of rotatable bonds is 3. The monoisotopic (exact) mass is 313 g/mol. The lowest BCUT2D eigenvalue weighted by Crippen LogP contribution is -2.00. The molecule has 0 aromatic heterocycles. The quantitative estimate of drug-likeness (QED) is 0.863. The second-order valence-corrected chi connectivity index (χ2v) is 6.47. The number of nitrogens with two attached hydrogens (primary N) is 1. The minimum absolute atomic E-state index is 0.294. The average molecular weight is 314 g/mol. The van der Waals surface area contributed by atoms with Crippen molar-refractivity contribution in [2.24, 2.45) is 0 Å². The van der Waals surface area contributed by atoms with E-state index in [1.807, 2.05) is 13.0 Å². The summed E-state index contributed by atoms with van der Waals surface area (Å²) in [7, 11) is -1.20. The molecule has 2 N–H and O–H groups in total. The van der Waals surface area contributed by atoms with Gasteiger partial charge in [0.15, 0.2) is 0 Å². The molecular formula is C14H13Cl2NOS. The van der Waals surface area contributed by atoms with Crippen molar-refractivity contribution in [1.29, 1.82) is 0 Å². The first-order valence-electron chi connectivity index (χ1n) is 5.66. The molecule has 1 atom stereocenters. The molecule has 0 radical (unpaired) electrons. The van der Waals surface area contributed by atoms with Gasteiger partial charge in [-0.3, -0.25) is 4.21 Å². The van der Waals surface area contributed by atoms with Crippen LogP contribution in [0, 0.1) is 6.92 Å². The van der Waals surface area contributed by atoms with Crippen LogP contribution in [0.5, 0.6) is 0 Å². The zero-order valence-electron chi connectivity index (χ0n) is 10.3. The third-order valence-electron chi connectivity index (χ3n) is 2.84. The van der Waals surface area contributed by atoms with Gasteiger partial charge in [0.25, 0.3) is 0 Å². The Bertz CT molecular complexity index is 623. The summed E-state index contributed by atoms with van der Waals surface area (Å²) in [6, 6.07) is 10.6. The van der Waals surface area contributed by atoms with Crippen molar-refractivity contribution in [2.45, 2.75) is 17.6 Å². The molecule has 2 rings (SSSR count). The van der Waals surface area contributed by atoms with E-state index in [2.05, 4.69) is 0 Å². The lowest BCUT2D eigenvalue weighted by Gasteiger charge is -2.08. The van der Waals surface area contributed by atoms with Crippen LogP contribution in [-0.2, 0) is 16.6 Å². The van der Waals surface area contributed by atoms with Gasteiger partial charge in [0.1, 0.15) is 0 Å². The molecule has 0 spiro atoms. The van der Waals surface area contributed by atoms with Crippen LogP contribution in [0.2, 0.25) is 10.0 Å². The summed E-state index contributed by atoms with van der Waals surface area (Å²) in [6.45, 7) is 1.89. The van der Waals surface area contributed by atoms with E-state index in [0.29, 0.717) is 27.0 Å². The second kappa shape index (κ2) is 5.95. The number of hydrogen-bond donors (Lipinski definition) is 1. The predicted octanol–water partition coefficient (Wildman–Crippen LogP) is 4.19. The van der Waals surface area contributed by atoms with Crippen LogP contribution >= 0.6 is 23.2 Å². The highest BCUT2D eigenvalue weighted by atomic mass is 35.5. The highest BCUT2D eigenvalue weighted by molar-refractivity contribution is 7.84. The zero-order chi connectivity index (χ0) is 14.0. The van der Waals surface area contributed by atoms with Crippen molar-refractivity contribution >= 4 is 39.7 Å². The highest BCUT2D eigenvalue weighted by Gasteiger charge is 2.12. The Morgan fingerprint density at radius 1 is 1.16 bits per heavy atom. The van der Waals surface area contributed by atoms with Gasteiger partial charge in [-0.05, 0) is 42.8 Å². The summed E-state index contributed by atoms with van der Waals surface area (Å²) in [5.74, 6) is 0.294. The first-order valence-corrected chi connectivity index (χ1v) is 7.74. The van der Waals surface area contributed by atoms with E-state index in [9.17, 15) is 4.21 Å². The van der Waals surface area contributed by atoms with Gasteiger partial charge in [-0.1, -0.05) is 29.3 Å². The molecular weight excluding hydrogens is 301 g/mol. The summed E-state index contributed by atoms with van der Waals surface area (Å²) in [5, 5.41) is 1.07. The maximum absolute atomic E-state index is 12.3. The van der Waals surface area contributed by atoms with Crippen molar-refractivity contribution < 1.29 is 4.21 Å². The number of aryl methyl sites for hydroxylation is 1. The molecule has 2 nitrogen and oxygen atoms in total. The molecule has 0 fully saturated rings. The van der Waals surface area contributed by atoms with Gasteiger partial charge < -0.3 is 5.73 Å². The molecule has 100 valence electrons. The Labute approximate surface area is 125 Å². The molecule has 0 saturated heterocycles. The second-order valence-electron chi connectivity index (χ2n) is 4.21. The summed E-state index contributed by atoms with van der Waals surface area (Å²) < 4.78 is 12.3. The normalized spacial score (nSPS) is 12.4. The van der Waals surface area contributed by atoms with Crippen LogP contribution in [0.3, 0.4) is 0 Å². The topological polar surface area (TPSA) is 43.1 Å². The average Bonchev–Trinajstić information content (AvgIpc) is 2.37. The van der Waals surface area contributed by atoms with E-state index in [1.165, 1.54) is 0 Å². The Kier molecular flexibility index (Phi) is 4.50. The first-order chi connectivity index (χ1) is 8.99. The van der Waals surface area contributed by atoms with Crippen molar-refractivity contribution in [3.63, 3.8) is 0 Å². The molecule has 0 saturated carbocycles. The molecule has 19 heavy (non-hydrogen) atoms. The molecule has 0 aliphatic rings. The molecule has 2 aromatic rings. The summed E-state index contributed by atoms with van der Waals surface area (Å²) >= 11 is 12.2. The van der Waals surface area contributed by atoms with Crippen molar-refractivity contribution in [3.8, 4) is 0 Å². The number of nitrogen functional groups attached to an aromatic ring is 1. The summed E-state index contributed by atoms with van der Waals surface area (Å²) in [6.07, 6.45) is 0. The molecule has 1 unspecified atom stereocenters. The Morgan fingerprint density at radius 2 is 1.79 bits per heavy atom. The van der Waals surface area contributed by atoms with Crippen LogP contribution in [0.25, 0.3) is 0 Å². The van der Waals surface area contributed by atoms with Crippen LogP contribution in [0.4, 0.5) is 5.69 Å². The minimum atomic E-state index is -1.20. The number of hydrogen-bond acceptors (Lipinski definition) is 2. The standard InChI is InChI=1S/C14H13Cl2NOS/c1-9-7-10(5-6-14(9)17)19(18)8-11-12(15)3-2-4-13(11)16/h2-7H,8,17H2,1H3. The van der Waals surface area contributed by atoms with E-state index in [4.69, 9.17) is 28.9 Å². The van der Waals surface area contributed by atoms with Gasteiger partial charge >= 0.3 is 0 Å². The lowest BCUT2D eigenvalue weighted by molar-refractivity contribution is 0.682. The van der Waals surface area contributed by atoms with E-state index >= 15 is 0 Å². The smallest absolute Gasteiger partial charge is 0.0575 e. The van der Waals surface area contributed by atoms with Gasteiger partial charge in [-0.25, -0.2) is 0 Å². The van der Waals surface area contributed by atoms with Gasteiger partial charge in [-0.2, -0.15) is 0 Å². The summed E-state index contributed by atoms with van der Waals surface area (Å²) in [5.41, 5.74) is 8.06. The third-order valence-corrected chi connectivity index (χ3v) is 4.88. The molecule has 2 aromatic carbocycles. The van der Waals surface area contributed by atoms with Gasteiger partial charge in [0.2, 0.25) is 0 Å². The van der Waals surface area contributed by atoms with Crippen LogP contribution < -0.4 is 5.73 Å².